The van der Waals surface area contributed by atoms with Crippen LogP contribution < -0.4 is 5.32 Å². The van der Waals surface area contributed by atoms with Gasteiger partial charge in [-0.25, -0.2) is 4.39 Å². The summed E-state index contributed by atoms with van der Waals surface area (Å²) in [5.41, 5.74) is 3.50. The molecule has 0 aliphatic heterocycles. The summed E-state index contributed by atoms with van der Waals surface area (Å²) in [5.74, 6) is 0.139. The molecule has 2 aromatic carbocycles. The van der Waals surface area contributed by atoms with Crippen LogP contribution in [-0.4, -0.2) is 16.1 Å². The number of H-pyrrole nitrogens is 1. The first kappa shape index (κ1) is 16.1. The molecule has 4 rings (SSSR count). The van der Waals surface area contributed by atoms with Crippen LogP contribution in [0, 0.1) is 12.7 Å². The molecule has 0 fully saturated rings. The molecule has 5 nitrogen and oxygen atoms in total. The van der Waals surface area contributed by atoms with E-state index in [1.165, 1.54) is 12.1 Å². The van der Waals surface area contributed by atoms with Crippen LogP contribution in [0.1, 0.15) is 21.7 Å². The van der Waals surface area contributed by atoms with E-state index in [0.717, 1.165) is 16.5 Å². The van der Waals surface area contributed by atoms with E-state index in [9.17, 15) is 9.18 Å². The van der Waals surface area contributed by atoms with E-state index in [4.69, 9.17) is 4.42 Å². The minimum atomic E-state index is -0.331. The van der Waals surface area contributed by atoms with Crippen LogP contribution >= 0.6 is 0 Å². The second-order valence-corrected chi connectivity index (χ2v) is 6.06. The molecule has 26 heavy (non-hydrogen) atoms. The molecule has 0 aliphatic rings. The largest absolute Gasteiger partial charge is 0.467 e. The number of halogens is 1. The normalized spacial score (nSPS) is 11.0. The first-order valence-corrected chi connectivity index (χ1v) is 8.17. The van der Waals surface area contributed by atoms with Gasteiger partial charge in [-0.1, -0.05) is 12.1 Å². The van der Waals surface area contributed by atoms with Crippen molar-refractivity contribution >= 4 is 16.8 Å². The summed E-state index contributed by atoms with van der Waals surface area (Å²) in [6, 6.07) is 13.4. The van der Waals surface area contributed by atoms with Gasteiger partial charge in [0.15, 0.2) is 0 Å². The number of furan rings is 1. The van der Waals surface area contributed by atoms with Gasteiger partial charge in [-0.15, -0.1) is 0 Å². The predicted molar refractivity (Wildman–Crippen MR) is 96.1 cm³/mol. The number of fused-ring (bicyclic) bond motifs is 1. The third-order valence-corrected chi connectivity index (χ3v) is 4.23. The second-order valence-electron chi connectivity index (χ2n) is 6.06. The zero-order valence-corrected chi connectivity index (χ0v) is 14.0. The van der Waals surface area contributed by atoms with Crippen molar-refractivity contribution in [1.29, 1.82) is 0 Å². The highest BCUT2D eigenvalue weighted by Gasteiger charge is 2.15. The van der Waals surface area contributed by atoms with E-state index in [1.54, 1.807) is 42.7 Å². The Hall–Kier alpha value is -3.41. The monoisotopic (exact) mass is 349 g/mol. The van der Waals surface area contributed by atoms with Crippen molar-refractivity contribution in [3.63, 3.8) is 0 Å². The van der Waals surface area contributed by atoms with Crippen LogP contribution in [0.2, 0.25) is 0 Å². The van der Waals surface area contributed by atoms with Crippen LogP contribution in [0.4, 0.5) is 4.39 Å². The molecule has 2 heterocycles. The van der Waals surface area contributed by atoms with Crippen molar-refractivity contribution in [2.24, 2.45) is 0 Å². The number of aromatic nitrogens is 2. The van der Waals surface area contributed by atoms with Crippen molar-refractivity contribution in [3.05, 3.63) is 77.5 Å². The summed E-state index contributed by atoms with van der Waals surface area (Å²) in [6.07, 6.45) is 1.56. The van der Waals surface area contributed by atoms with Crippen molar-refractivity contribution in [3.8, 4) is 11.3 Å². The van der Waals surface area contributed by atoms with Gasteiger partial charge in [0.05, 0.1) is 18.3 Å². The minimum absolute atomic E-state index is 0.210. The molecule has 0 aliphatic carbocycles. The maximum atomic E-state index is 13.6. The molecular formula is C20H16FN3O2. The molecule has 6 heteroatoms. The summed E-state index contributed by atoms with van der Waals surface area (Å²) in [6.45, 7) is 2.21. The fraction of sp³-hybridized carbons (Fsp3) is 0.100. The second kappa shape index (κ2) is 6.48. The third kappa shape index (κ3) is 2.97. The van der Waals surface area contributed by atoms with Gasteiger partial charge in [-0.3, -0.25) is 9.89 Å². The van der Waals surface area contributed by atoms with Crippen LogP contribution in [0.5, 0.6) is 0 Å². The molecule has 130 valence electrons. The molecular weight excluding hydrogens is 333 g/mol. The lowest BCUT2D eigenvalue weighted by Gasteiger charge is -2.06. The van der Waals surface area contributed by atoms with Gasteiger partial charge in [0, 0.05) is 16.5 Å². The number of rotatable bonds is 4. The van der Waals surface area contributed by atoms with E-state index in [1.807, 2.05) is 6.92 Å². The van der Waals surface area contributed by atoms with Crippen molar-refractivity contribution in [1.82, 2.24) is 15.5 Å². The number of nitrogens with zero attached hydrogens (tertiary/aromatic N) is 1. The molecule has 1 amide bonds. The van der Waals surface area contributed by atoms with Gasteiger partial charge in [-0.05, 0) is 48.9 Å². The average molecular weight is 349 g/mol. The van der Waals surface area contributed by atoms with Crippen LogP contribution in [0.15, 0.2) is 59.2 Å². The summed E-state index contributed by atoms with van der Waals surface area (Å²) >= 11 is 0. The number of hydrogen-bond donors (Lipinski definition) is 2. The van der Waals surface area contributed by atoms with E-state index >= 15 is 0 Å². The van der Waals surface area contributed by atoms with Gasteiger partial charge >= 0.3 is 0 Å². The quantitative estimate of drug-likeness (QED) is 0.580. The van der Waals surface area contributed by atoms with Gasteiger partial charge in [0.25, 0.3) is 5.91 Å². The van der Waals surface area contributed by atoms with Crippen LogP contribution in [0.25, 0.3) is 22.2 Å². The lowest BCUT2D eigenvalue weighted by atomic mass is 10.0. The average Bonchev–Trinajstić information content (AvgIpc) is 3.29. The molecule has 0 atom stereocenters. The van der Waals surface area contributed by atoms with Crippen LogP contribution in [0.3, 0.4) is 0 Å². The van der Waals surface area contributed by atoms with E-state index in [0.29, 0.717) is 29.1 Å². The zero-order valence-electron chi connectivity index (χ0n) is 14.0. The third-order valence-electron chi connectivity index (χ3n) is 4.23. The lowest BCUT2D eigenvalue weighted by molar-refractivity contribution is 0.0948. The van der Waals surface area contributed by atoms with E-state index in [2.05, 4.69) is 15.5 Å². The molecule has 0 radical (unpaired) electrons. The highest BCUT2D eigenvalue weighted by molar-refractivity contribution is 6.02. The zero-order chi connectivity index (χ0) is 18.1. The van der Waals surface area contributed by atoms with Crippen LogP contribution in [-0.2, 0) is 6.54 Å². The number of aryl methyl sites for hydroxylation is 1. The Morgan fingerprint density at radius 3 is 2.88 bits per heavy atom. The smallest absolute Gasteiger partial charge is 0.251 e. The van der Waals surface area contributed by atoms with Crippen molar-refractivity contribution < 1.29 is 13.6 Å². The number of nitrogens with one attached hydrogen (secondary N) is 2. The van der Waals surface area contributed by atoms with Crippen molar-refractivity contribution in [2.75, 3.05) is 0 Å². The first-order valence-electron chi connectivity index (χ1n) is 8.17. The molecule has 0 saturated carbocycles. The first-order chi connectivity index (χ1) is 12.6. The predicted octanol–water partition coefficient (Wildman–Crippen LogP) is 4.20. The SMILES string of the molecule is Cc1cc(C(=O)NCc2ccco2)cc2c(-c3cccc(F)c3)n[nH]c12. The molecule has 0 saturated heterocycles. The molecule has 0 spiro atoms. The Kier molecular flexibility index (Phi) is 4.01. The van der Waals surface area contributed by atoms with Gasteiger partial charge in [0.1, 0.15) is 17.3 Å². The number of benzene rings is 2. The Balaban J connectivity index is 1.70. The highest BCUT2D eigenvalue weighted by Crippen LogP contribution is 2.29. The number of carbonyl (C=O) groups excluding carboxylic acids is 1. The minimum Gasteiger partial charge on any atom is -0.467 e. The molecule has 0 bridgehead atoms. The molecule has 0 unspecified atom stereocenters. The number of hydrogen-bond acceptors (Lipinski definition) is 3. The number of aromatic amines is 1. The van der Waals surface area contributed by atoms with E-state index < -0.39 is 0 Å². The Labute approximate surface area is 148 Å². The Morgan fingerprint density at radius 2 is 2.12 bits per heavy atom. The summed E-state index contributed by atoms with van der Waals surface area (Å²) in [7, 11) is 0. The summed E-state index contributed by atoms with van der Waals surface area (Å²) in [5, 5.41) is 10.9. The fourth-order valence-corrected chi connectivity index (χ4v) is 2.96. The molecule has 2 N–H and O–H groups in total. The lowest BCUT2D eigenvalue weighted by Crippen LogP contribution is -2.22. The maximum absolute atomic E-state index is 13.6. The summed E-state index contributed by atoms with van der Waals surface area (Å²) < 4.78 is 18.8. The number of carbonyl (C=O) groups is 1. The fourth-order valence-electron chi connectivity index (χ4n) is 2.96. The highest BCUT2D eigenvalue weighted by atomic mass is 19.1. The standard InChI is InChI=1S/C20H16FN3O2/c1-12-8-14(20(25)22-11-16-6-3-7-26-16)10-17-18(12)23-24-19(17)13-4-2-5-15(21)9-13/h2-10H,11H2,1H3,(H,22,25)(H,23,24). The topological polar surface area (TPSA) is 70.9 Å². The Morgan fingerprint density at radius 1 is 1.23 bits per heavy atom. The molecule has 2 aromatic heterocycles. The van der Waals surface area contributed by atoms with E-state index in [-0.39, 0.29) is 11.7 Å². The maximum Gasteiger partial charge on any atom is 0.251 e. The van der Waals surface area contributed by atoms with Gasteiger partial charge in [-0.2, -0.15) is 5.10 Å². The molecule has 4 aromatic rings. The van der Waals surface area contributed by atoms with Gasteiger partial charge < -0.3 is 9.73 Å². The number of amides is 1. The Bertz CT molecular complexity index is 1080. The van der Waals surface area contributed by atoms with Gasteiger partial charge in [0.2, 0.25) is 0 Å². The summed E-state index contributed by atoms with van der Waals surface area (Å²) in [4.78, 5) is 12.5. The van der Waals surface area contributed by atoms with Crippen molar-refractivity contribution in [2.45, 2.75) is 13.5 Å².